The van der Waals surface area contributed by atoms with Crippen LogP contribution in [0.3, 0.4) is 0 Å². The van der Waals surface area contributed by atoms with Gasteiger partial charge in [0, 0.05) is 6.54 Å². The summed E-state index contributed by atoms with van der Waals surface area (Å²) in [5, 5.41) is 12.5. The lowest BCUT2D eigenvalue weighted by molar-refractivity contribution is -0.152. The van der Waals surface area contributed by atoms with Crippen LogP contribution in [-0.2, 0) is 11.3 Å². The van der Waals surface area contributed by atoms with Crippen LogP contribution in [-0.4, -0.2) is 29.8 Å². The van der Waals surface area contributed by atoms with Gasteiger partial charge < -0.3 is 19.9 Å². The van der Waals surface area contributed by atoms with Gasteiger partial charge in [-0.1, -0.05) is 30.3 Å². The van der Waals surface area contributed by atoms with Crippen LogP contribution in [0.15, 0.2) is 54.6 Å². The number of carbonyl (C=O) groups is 1. The molecule has 0 spiro atoms. The molecule has 0 saturated heterocycles. The highest BCUT2D eigenvalue weighted by atomic mass is 16.5. The standard InChI is InChI=1S/C20H25NO4/c1-20(2,19(22)23)25-18-11-6-8-16(14-18)15-21-12-7-13-24-17-9-4-3-5-10-17/h3-6,8-11,14,21H,7,12-13,15H2,1-2H3,(H,22,23). The summed E-state index contributed by atoms with van der Waals surface area (Å²) in [7, 11) is 0. The van der Waals surface area contributed by atoms with Crippen molar-refractivity contribution in [3.05, 3.63) is 60.2 Å². The van der Waals surface area contributed by atoms with Gasteiger partial charge in [0.25, 0.3) is 0 Å². The predicted octanol–water partition coefficient (Wildman–Crippen LogP) is 3.49. The second kappa shape index (κ2) is 9.08. The molecule has 0 aliphatic rings. The number of benzene rings is 2. The Balaban J connectivity index is 1.70. The summed E-state index contributed by atoms with van der Waals surface area (Å²) in [6.07, 6.45) is 0.900. The fourth-order valence-corrected chi connectivity index (χ4v) is 2.19. The maximum atomic E-state index is 11.1. The number of aliphatic carboxylic acids is 1. The van der Waals surface area contributed by atoms with Crippen LogP contribution in [0.5, 0.6) is 11.5 Å². The summed E-state index contributed by atoms with van der Waals surface area (Å²) >= 11 is 0. The van der Waals surface area contributed by atoms with Crippen molar-refractivity contribution in [1.82, 2.24) is 5.32 Å². The number of hydrogen-bond donors (Lipinski definition) is 2. The van der Waals surface area contributed by atoms with Crippen molar-refractivity contribution in [2.24, 2.45) is 0 Å². The summed E-state index contributed by atoms with van der Waals surface area (Å²) in [4.78, 5) is 11.1. The number of hydrogen-bond acceptors (Lipinski definition) is 4. The Morgan fingerprint density at radius 3 is 2.52 bits per heavy atom. The maximum absolute atomic E-state index is 11.1. The number of carboxylic acid groups (broad SMARTS) is 1. The SMILES string of the molecule is CC(C)(Oc1cccc(CNCCCOc2ccccc2)c1)C(=O)O. The Morgan fingerprint density at radius 2 is 1.80 bits per heavy atom. The minimum absolute atomic E-state index is 0.555. The lowest BCUT2D eigenvalue weighted by atomic mass is 10.1. The smallest absolute Gasteiger partial charge is 0.347 e. The molecule has 0 amide bonds. The van der Waals surface area contributed by atoms with E-state index in [4.69, 9.17) is 14.6 Å². The summed E-state index contributed by atoms with van der Waals surface area (Å²) < 4.78 is 11.2. The predicted molar refractivity (Wildman–Crippen MR) is 97.0 cm³/mol. The molecule has 0 aliphatic carbocycles. The fourth-order valence-electron chi connectivity index (χ4n) is 2.19. The largest absolute Gasteiger partial charge is 0.494 e. The zero-order chi connectivity index (χ0) is 18.1. The third-order valence-electron chi connectivity index (χ3n) is 3.63. The van der Waals surface area contributed by atoms with Crippen molar-refractivity contribution in [2.45, 2.75) is 32.4 Å². The lowest BCUT2D eigenvalue weighted by Gasteiger charge is -2.21. The van der Waals surface area contributed by atoms with Crippen molar-refractivity contribution in [1.29, 1.82) is 0 Å². The maximum Gasteiger partial charge on any atom is 0.347 e. The molecule has 0 saturated carbocycles. The van der Waals surface area contributed by atoms with Gasteiger partial charge in [0.15, 0.2) is 5.60 Å². The van der Waals surface area contributed by atoms with E-state index >= 15 is 0 Å². The van der Waals surface area contributed by atoms with E-state index in [-0.39, 0.29) is 0 Å². The number of ether oxygens (including phenoxy) is 2. The zero-order valence-electron chi connectivity index (χ0n) is 14.7. The Kier molecular flexibility index (Phi) is 6.83. The van der Waals surface area contributed by atoms with Gasteiger partial charge in [0.2, 0.25) is 0 Å². The summed E-state index contributed by atoms with van der Waals surface area (Å²) in [5.41, 5.74) is -0.205. The number of carboxylic acids is 1. The summed E-state index contributed by atoms with van der Waals surface area (Å²) in [6, 6.07) is 17.2. The Morgan fingerprint density at radius 1 is 1.08 bits per heavy atom. The van der Waals surface area contributed by atoms with E-state index in [1.165, 1.54) is 13.8 Å². The van der Waals surface area contributed by atoms with Crippen LogP contribution < -0.4 is 14.8 Å². The highest BCUT2D eigenvalue weighted by molar-refractivity contribution is 5.76. The molecule has 0 heterocycles. The van der Waals surface area contributed by atoms with E-state index in [9.17, 15) is 4.79 Å². The molecule has 25 heavy (non-hydrogen) atoms. The van der Waals surface area contributed by atoms with Crippen molar-refractivity contribution in [3.8, 4) is 11.5 Å². The highest BCUT2D eigenvalue weighted by Crippen LogP contribution is 2.20. The molecule has 2 aromatic carbocycles. The van der Waals surface area contributed by atoms with Crippen LogP contribution in [0.1, 0.15) is 25.8 Å². The molecular weight excluding hydrogens is 318 g/mol. The van der Waals surface area contributed by atoms with E-state index in [0.29, 0.717) is 18.9 Å². The first-order chi connectivity index (χ1) is 12.0. The Bertz CT molecular complexity index is 670. The minimum atomic E-state index is -1.25. The topological polar surface area (TPSA) is 67.8 Å². The average molecular weight is 343 g/mol. The molecule has 134 valence electrons. The third-order valence-corrected chi connectivity index (χ3v) is 3.63. The molecule has 5 heteroatoms. The molecule has 5 nitrogen and oxygen atoms in total. The van der Waals surface area contributed by atoms with Crippen LogP contribution in [0.2, 0.25) is 0 Å². The van der Waals surface area contributed by atoms with Gasteiger partial charge in [-0.15, -0.1) is 0 Å². The Hall–Kier alpha value is -2.53. The van der Waals surface area contributed by atoms with E-state index in [2.05, 4.69) is 5.32 Å². The molecule has 2 N–H and O–H groups in total. The molecule has 2 aromatic rings. The van der Waals surface area contributed by atoms with Crippen LogP contribution in [0.4, 0.5) is 0 Å². The Labute approximate surface area is 148 Å². The van der Waals surface area contributed by atoms with E-state index in [0.717, 1.165) is 24.3 Å². The van der Waals surface area contributed by atoms with E-state index in [1.54, 1.807) is 6.07 Å². The van der Waals surface area contributed by atoms with Gasteiger partial charge in [0.1, 0.15) is 11.5 Å². The van der Waals surface area contributed by atoms with Crippen molar-refractivity contribution >= 4 is 5.97 Å². The number of nitrogens with one attached hydrogen (secondary N) is 1. The second-order valence-corrected chi connectivity index (χ2v) is 6.26. The van der Waals surface area contributed by atoms with Crippen LogP contribution >= 0.6 is 0 Å². The molecule has 0 fully saturated rings. The van der Waals surface area contributed by atoms with E-state index in [1.807, 2.05) is 48.5 Å². The van der Waals surface area contributed by atoms with E-state index < -0.39 is 11.6 Å². The first-order valence-corrected chi connectivity index (χ1v) is 8.37. The third kappa shape index (κ3) is 6.47. The molecule has 2 rings (SSSR count). The molecule has 0 unspecified atom stereocenters. The summed E-state index contributed by atoms with van der Waals surface area (Å²) in [6.45, 7) is 5.25. The first kappa shape index (κ1) is 18.8. The van der Waals surface area contributed by atoms with Crippen LogP contribution in [0.25, 0.3) is 0 Å². The van der Waals surface area contributed by atoms with Gasteiger partial charge in [-0.3, -0.25) is 0 Å². The highest BCUT2D eigenvalue weighted by Gasteiger charge is 2.29. The van der Waals surface area contributed by atoms with Crippen molar-refractivity contribution in [3.63, 3.8) is 0 Å². The number of para-hydroxylation sites is 1. The molecule has 0 aromatic heterocycles. The number of rotatable bonds is 10. The summed E-state index contributed by atoms with van der Waals surface area (Å²) in [5.74, 6) is 0.446. The molecular formula is C20H25NO4. The van der Waals surface area contributed by atoms with Crippen molar-refractivity contribution < 1.29 is 19.4 Å². The second-order valence-electron chi connectivity index (χ2n) is 6.26. The zero-order valence-corrected chi connectivity index (χ0v) is 14.7. The average Bonchev–Trinajstić information content (AvgIpc) is 2.59. The van der Waals surface area contributed by atoms with Gasteiger partial charge in [-0.2, -0.15) is 0 Å². The van der Waals surface area contributed by atoms with Gasteiger partial charge in [-0.05, 0) is 56.6 Å². The molecule has 0 radical (unpaired) electrons. The quantitative estimate of drug-likeness (QED) is 0.647. The molecule has 0 aliphatic heterocycles. The molecule has 0 atom stereocenters. The normalized spacial score (nSPS) is 11.1. The van der Waals surface area contributed by atoms with Gasteiger partial charge in [-0.25, -0.2) is 4.79 Å². The monoisotopic (exact) mass is 343 g/mol. The van der Waals surface area contributed by atoms with Crippen molar-refractivity contribution in [2.75, 3.05) is 13.2 Å². The fraction of sp³-hybridized carbons (Fsp3) is 0.350. The lowest BCUT2D eigenvalue weighted by Crippen LogP contribution is -2.37. The van der Waals surface area contributed by atoms with Gasteiger partial charge >= 0.3 is 5.97 Å². The molecule has 0 bridgehead atoms. The van der Waals surface area contributed by atoms with Gasteiger partial charge in [0.05, 0.1) is 6.61 Å². The minimum Gasteiger partial charge on any atom is -0.494 e. The van der Waals surface area contributed by atoms with Crippen LogP contribution in [0, 0.1) is 0 Å². The first-order valence-electron chi connectivity index (χ1n) is 8.37.